The molecule has 3 aliphatic rings. The lowest BCUT2D eigenvalue weighted by Crippen LogP contribution is -2.43. The summed E-state index contributed by atoms with van der Waals surface area (Å²) in [6, 6.07) is 29.7. The molecule has 5 aromatic rings. The minimum absolute atomic E-state index is 0.104. The lowest BCUT2D eigenvalue weighted by Gasteiger charge is -2.50. The predicted molar refractivity (Wildman–Crippen MR) is 188 cm³/mol. The number of phenols is 4. The van der Waals surface area contributed by atoms with Crippen LogP contribution < -0.4 is 14.2 Å². The third-order valence-electron chi connectivity index (χ3n) is 10.4. The average Bonchev–Trinajstić information content (AvgIpc) is 3.14. The molecule has 0 radical (unpaired) electrons. The monoisotopic (exact) mass is 686 g/mol. The second-order valence-corrected chi connectivity index (χ2v) is 13.5. The van der Waals surface area contributed by atoms with E-state index in [9.17, 15) is 25.2 Å². The Hall–Kier alpha value is -5.67. The molecule has 4 N–H and O–H groups in total. The van der Waals surface area contributed by atoms with Gasteiger partial charge < -0.3 is 39.4 Å². The maximum Gasteiger partial charge on any atom is 0.174 e. The molecule has 0 amide bonds. The van der Waals surface area contributed by atoms with Crippen LogP contribution in [0.3, 0.4) is 0 Å². The van der Waals surface area contributed by atoms with Gasteiger partial charge in [0.15, 0.2) is 5.78 Å². The van der Waals surface area contributed by atoms with Gasteiger partial charge in [-0.1, -0.05) is 48.5 Å². The molecule has 0 bridgehead atoms. The summed E-state index contributed by atoms with van der Waals surface area (Å²) in [6.45, 7) is 0. The van der Waals surface area contributed by atoms with Crippen molar-refractivity contribution in [1.29, 1.82) is 0 Å². The second-order valence-electron chi connectivity index (χ2n) is 13.5. The first-order valence-electron chi connectivity index (χ1n) is 17.2. The zero-order chi connectivity index (χ0) is 35.2. The predicted octanol–water partition coefficient (Wildman–Crippen LogP) is 8.22. The van der Waals surface area contributed by atoms with E-state index >= 15 is 0 Å². The molecular weight excluding hydrogens is 648 g/mol. The fraction of sp³-hybridized carbons (Fsp3) is 0.262. The van der Waals surface area contributed by atoms with Crippen molar-refractivity contribution in [3.63, 3.8) is 0 Å². The number of hydrogen-bond donors (Lipinski definition) is 4. The summed E-state index contributed by atoms with van der Waals surface area (Å²) >= 11 is 0. The van der Waals surface area contributed by atoms with E-state index in [1.54, 1.807) is 66.7 Å². The summed E-state index contributed by atoms with van der Waals surface area (Å²) in [5.41, 5.74) is 4.71. The van der Waals surface area contributed by atoms with Crippen LogP contribution in [0.2, 0.25) is 0 Å². The van der Waals surface area contributed by atoms with E-state index in [1.165, 1.54) is 7.11 Å². The van der Waals surface area contributed by atoms with Crippen molar-refractivity contribution in [3.8, 4) is 40.2 Å². The van der Waals surface area contributed by atoms with Gasteiger partial charge in [0.1, 0.15) is 58.0 Å². The van der Waals surface area contributed by atoms with Gasteiger partial charge in [-0.15, -0.1) is 0 Å². The highest BCUT2D eigenvalue weighted by Crippen LogP contribution is 2.61. The molecule has 0 spiro atoms. The molecule has 3 heterocycles. The lowest BCUT2D eigenvalue weighted by atomic mass is 9.68. The summed E-state index contributed by atoms with van der Waals surface area (Å²) in [4.78, 5) is 14.0. The number of Topliss-reactive ketones (excluding diaryl/α,β-unsaturated/α-hetero) is 1. The van der Waals surface area contributed by atoms with Gasteiger partial charge in [0.05, 0.1) is 25.7 Å². The molecule has 0 saturated carbocycles. The minimum atomic E-state index is -0.590. The summed E-state index contributed by atoms with van der Waals surface area (Å²) in [5.74, 6) is 1.33. The molecule has 51 heavy (non-hydrogen) atoms. The Labute approximate surface area is 295 Å². The van der Waals surface area contributed by atoms with E-state index in [2.05, 4.69) is 0 Å². The first kappa shape index (κ1) is 32.5. The summed E-state index contributed by atoms with van der Waals surface area (Å²) in [5, 5.41) is 40.2. The van der Waals surface area contributed by atoms with Gasteiger partial charge in [0.2, 0.25) is 0 Å². The Kier molecular flexibility index (Phi) is 8.44. The first-order chi connectivity index (χ1) is 24.7. The molecular formula is C42H38O9. The van der Waals surface area contributed by atoms with Crippen LogP contribution in [0.1, 0.15) is 81.7 Å². The van der Waals surface area contributed by atoms with Gasteiger partial charge in [-0.3, -0.25) is 4.79 Å². The Bertz CT molecular complexity index is 2040. The van der Waals surface area contributed by atoms with Crippen molar-refractivity contribution in [2.24, 2.45) is 5.92 Å². The van der Waals surface area contributed by atoms with Gasteiger partial charge in [-0.05, 0) is 90.0 Å². The molecule has 0 aliphatic carbocycles. The zero-order valence-electron chi connectivity index (χ0n) is 27.9. The van der Waals surface area contributed by atoms with E-state index < -0.39 is 18.3 Å². The van der Waals surface area contributed by atoms with Crippen molar-refractivity contribution >= 4 is 5.78 Å². The normalized spacial score (nSPS) is 23.6. The highest BCUT2D eigenvalue weighted by Gasteiger charge is 2.52. The van der Waals surface area contributed by atoms with E-state index in [4.69, 9.17) is 18.9 Å². The third-order valence-corrected chi connectivity index (χ3v) is 10.4. The van der Waals surface area contributed by atoms with Crippen LogP contribution in [-0.4, -0.2) is 39.4 Å². The van der Waals surface area contributed by atoms with Crippen LogP contribution >= 0.6 is 0 Å². The van der Waals surface area contributed by atoms with Crippen LogP contribution in [0.15, 0.2) is 103 Å². The number of carbonyl (C=O) groups is 1. The number of rotatable bonds is 7. The van der Waals surface area contributed by atoms with Gasteiger partial charge in [-0.2, -0.15) is 0 Å². The smallest absolute Gasteiger partial charge is 0.174 e. The number of phenolic OH excluding ortho intramolecular Hbond substituents is 4. The van der Waals surface area contributed by atoms with E-state index in [-0.39, 0.29) is 53.1 Å². The number of benzene rings is 5. The molecule has 6 atom stereocenters. The van der Waals surface area contributed by atoms with Gasteiger partial charge in [0.25, 0.3) is 0 Å². The molecule has 1 saturated heterocycles. The van der Waals surface area contributed by atoms with E-state index in [0.717, 1.165) is 27.8 Å². The van der Waals surface area contributed by atoms with Crippen molar-refractivity contribution < 1.29 is 44.2 Å². The van der Waals surface area contributed by atoms with E-state index in [0.29, 0.717) is 42.1 Å². The fourth-order valence-electron chi connectivity index (χ4n) is 7.95. The molecule has 0 aromatic heterocycles. The number of hydrogen-bond acceptors (Lipinski definition) is 9. The molecule has 5 aromatic carbocycles. The average molecular weight is 687 g/mol. The molecule has 260 valence electrons. The first-order valence-corrected chi connectivity index (χ1v) is 17.2. The van der Waals surface area contributed by atoms with Crippen LogP contribution in [0.25, 0.3) is 0 Å². The SMILES string of the molecule is COc1cc2c(c3c1C(=O)C[C@@H](c1ccc(O)cc1)O3)[C@@H]1C[C@H](CCc3ccc(O)cc3)O[C@H](c3ccc(O)cc3)[C@@H]1[C@H](c1ccc(O)cc1)O2. The van der Waals surface area contributed by atoms with Crippen molar-refractivity contribution in [3.05, 3.63) is 137 Å². The number of ether oxygens (including phenoxy) is 4. The van der Waals surface area contributed by atoms with Crippen LogP contribution in [-0.2, 0) is 11.2 Å². The summed E-state index contributed by atoms with van der Waals surface area (Å²) in [7, 11) is 1.53. The quantitative estimate of drug-likeness (QED) is 0.134. The Morgan fingerprint density at radius 2 is 1.25 bits per heavy atom. The number of ketones is 1. The number of aromatic hydroxyl groups is 4. The highest BCUT2D eigenvalue weighted by molar-refractivity contribution is 6.03. The maximum absolute atomic E-state index is 14.0. The number of methoxy groups -OCH3 is 1. The summed E-state index contributed by atoms with van der Waals surface area (Å²) in [6.07, 6.45) is 0.309. The van der Waals surface area contributed by atoms with Gasteiger partial charge in [-0.25, -0.2) is 0 Å². The van der Waals surface area contributed by atoms with Gasteiger partial charge >= 0.3 is 0 Å². The topological polar surface area (TPSA) is 135 Å². The van der Waals surface area contributed by atoms with Crippen molar-refractivity contribution in [2.45, 2.75) is 56.0 Å². The van der Waals surface area contributed by atoms with Crippen molar-refractivity contribution in [1.82, 2.24) is 0 Å². The van der Waals surface area contributed by atoms with Crippen LogP contribution in [0, 0.1) is 5.92 Å². The number of fused-ring (bicyclic) bond motifs is 5. The molecule has 1 fully saturated rings. The Morgan fingerprint density at radius 3 is 1.84 bits per heavy atom. The second kappa shape index (κ2) is 13.2. The van der Waals surface area contributed by atoms with Gasteiger partial charge in [0, 0.05) is 23.5 Å². The molecule has 3 aliphatic heterocycles. The number of aryl methyl sites for hydroxylation is 1. The lowest BCUT2D eigenvalue weighted by molar-refractivity contribution is -0.134. The zero-order valence-corrected chi connectivity index (χ0v) is 27.9. The van der Waals surface area contributed by atoms with Crippen molar-refractivity contribution in [2.75, 3.05) is 7.11 Å². The third kappa shape index (κ3) is 6.18. The molecule has 0 unspecified atom stereocenters. The van der Waals surface area contributed by atoms with E-state index in [1.807, 2.05) is 36.4 Å². The van der Waals surface area contributed by atoms with Crippen LogP contribution in [0.4, 0.5) is 0 Å². The largest absolute Gasteiger partial charge is 0.508 e. The van der Waals surface area contributed by atoms with Crippen LogP contribution in [0.5, 0.6) is 40.2 Å². The Morgan fingerprint density at radius 1 is 0.706 bits per heavy atom. The maximum atomic E-state index is 14.0. The minimum Gasteiger partial charge on any atom is -0.508 e. The number of carbonyl (C=O) groups excluding carboxylic acids is 1. The Balaban J connectivity index is 1.28. The molecule has 9 nitrogen and oxygen atoms in total. The fourth-order valence-corrected chi connectivity index (χ4v) is 7.95. The highest BCUT2D eigenvalue weighted by atomic mass is 16.5. The molecule has 9 heteroatoms. The summed E-state index contributed by atoms with van der Waals surface area (Å²) < 4.78 is 26.6. The molecule has 8 rings (SSSR count). The standard InChI is InChI=1S/C42H38O9/c1-48-35-22-36-37(42-39(35)33(47)21-34(50-42)24-5-13-28(44)14-6-24)32-20-31(19-4-23-2-11-27(43)12-3-23)49-40(25-7-15-29(45)16-8-25)38(32)41(51-36)26-9-17-30(46)18-10-26/h2-3,5-18,22,31-32,34,38,40-41,43-46H,4,19-21H2,1H3/t31-,32-,34-,38+,40+,41-/m0/s1.